The maximum atomic E-state index is 12.4. The molecular formula is C18H20N2O6S. The Kier molecular flexibility index (Phi) is 5.82. The zero-order chi connectivity index (χ0) is 19.3. The van der Waals surface area contributed by atoms with Crippen LogP contribution in [0.1, 0.15) is 12.0 Å². The van der Waals surface area contributed by atoms with Crippen LogP contribution in [0.25, 0.3) is 0 Å². The highest BCUT2D eigenvalue weighted by Gasteiger charge is 2.19. The van der Waals surface area contributed by atoms with E-state index in [0.29, 0.717) is 36.9 Å². The second kappa shape index (κ2) is 8.28. The number of carbonyl (C=O) groups is 1. The minimum absolute atomic E-state index is 0.0494. The van der Waals surface area contributed by atoms with Gasteiger partial charge in [-0.05, 0) is 36.8 Å². The van der Waals surface area contributed by atoms with Crippen molar-refractivity contribution < 1.29 is 27.4 Å². The summed E-state index contributed by atoms with van der Waals surface area (Å²) in [5.41, 5.74) is 3.11. The van der Waals surface area contributed by atoms with Gasteiger partial charge >= 0.3 is 0 Å². The number of benzene rings is 2. The van der Waals surface area contributed by atoms with Gasteiger partial charge in [0.05, 0.1) is 18.1 Å². The largest absolute Gasteiger partial charge is 0.490 e. The molecule has 3 rings (SSSR count). The van der Waals surface area contributed by atoms with Crippen LogP contribution in [0.5, 0.6) is 17.2 Å². The van der Waals surface area contributed by atoms with E-state index in [1.165, 1.54) is 18.2 Å². The molecule has 1 amide bonds. The van der Waals surface area contributed by atoms with Crippen molar-refractivity contribution in [3.8, 4) is 17.2 Å². The summed E-state index contributed by atoms with van der Waals surface area (Å²) < 4.78 is 41.0. The van der Waals surface area contributed by atoms with E-state index >= 15 is 0 Å². The second-order valence-electron chi connectivity index (χ2n) is 5.92. The molecule has 9 heteroatoms. The smallest absolute Gasteiger partial charge is 0.272 e. The van der Waals surface area contributed by atoms with Gasteiger partial charge in [0.1, 0.15) is 5.75 Å². The minimum Gasteiger partial charge on any atom is -0.490 e. The van der Waals surface area contributed by atoms with E-state index in [0.717, 1.165) is 5.56 Å². The molecule has 1 heterocycles. The number of rotatable bonds is 6. The van der Waals surface area contributed by atoms with E-state index in [2.05, 4.69) is 5.43 Å². The molecule has 8 nitrogen and oxygen atoms in total. The number of ether oxygens (including phenoxy) is 3. The highest BCUT2D eigenvalue weighted by Crippen LogP contribution is 2.31. The number of amides is 1. The minimum atomic E-state index is -3.96. The van der Waals surface area contributed by atoms with Crippen LogP contribution in [-0.2, 0) is 14.8 Å². The van der Waals surface area contributed by atoms with Gasteiger partial charge in [0, 0.05) is 12.5 Å². The summed E-state index contributed by atoms with van der Waals surface area (Å²) in [7, 11) is -3.96. The quantitative estimate of drug-likeness (QED) is 0.723. The molecule has 0 unspecified atom stereocenters. The fourth-order valence-corrected chi connectivity index (χ4v) is 3.26. The molecule has 1 aliphatic rings. The standard InChI is InChI=1S/C18H20N2O6S/c1-13-4-2-5-14(10-13)26-12-18(21)19-20-27(22,23)15-6-7-16-17(11-15)25-9-3-8-24-16/h2,4-7,10-11,20H,3,8-9,12H2,1H3,(H,19,21). The molecule has 0 spiro atoms. The van der Waals surface area contributed by atoms with Crippen molar-refractivity contribution >= 4 is 15.9 Å². The van der Waals surface area contributed by atoms with Crippen LogP contribution in [0.4, 0.5) is 0 Å². The van der Waals surface area contributed by atoms with Crippen molar-refractivity contribution in [1.82, 2.24) is 10.3 Å². The summed E-state index contributed by atoms with van der Waals surface area (Å²) in [6, 6.07) is 11.4. The Bertz CT molecular complexity index is 929. The first-order valence-electron chi connectivity index (χ1n) is 8.34. The van der Waals surface area contributed by atoms with Crippen LogP contribution in [0.2, 0.25) is 0 Å². The van der Waals surface area contributed by atoms with Gasteiger partial charge in [-0.3, -0.25) is 10.2 Å². The highest BCUT2D eigenvalue weighted by atomic mass is 32.2. The molecule has 2 N–H and O–H groups in total. The Hall–Kier alpha value is -2.78. The number of hydrazine groups is 1. The number of carbonyl (C=O) groups excluding carboxylic acids is 1. The monoisotopic (exact) mass is 392 g/mol. The molecule has 0 aromatic heterocycles. The van der Waals surface area contributed by atoms with Gasteiger partial charge in [-0.2, -0.15) is 0 Å². The van der Waals surface area contributed by atoms with Crippen LogP contribution < -0.4 is 24.5 Å². The SMILES string of the molecule is Cc1cccc(OCC(=O)NNS(=O)(=O)c2ccc3c(c2)OCCCO3)c1. The summed E-state index contributed by atoms with van der Waals surface area (Å²) in [5, 5.41) is 0. The molecular weight excluding hydrogens is 372 g/mol. The van der Waals surface area contributed by atoms with Gasteiger partial charge < -0.3 is 14.2 Å². The van der Waals surface area contributed by atoms with Crippen molar-refractivity contribution in [2.24, 2.45) is 0 Å². The molecule has 0 saturated heterocycles. The lowest BCUT2D eigenvalue weighted by atomic mass is 10.2. The number of hydrogen-bond acceptors (Lipinski definition) is 6. The maximum absolute atomic E-state index is 12.4. The molecule has 1 aliphatic heterocycles. The first-order valence-corrected chi connectivity index (χ1v) is 9.82. The Morgan fingerprint density at radius 1 is 1.11 bits per heavy atom. The third-order valence-corrected chi connectivity index (χ3v) is 4.96. The van der Waals surface area contributed by atoms with Gasteiger partial charge in [-0.25, -0.2) is 8.42 Å². The summed E-state index contributed by atoms with van der Waals surface area (Å²) in [6.07, 6.45) is 0.714. The van der Waals surface area contributed by atoms with Crippen LogP contribution in [0.15, 0.2) is 47.4 Å². The number of nitrogens with one attached hydrogen (secondary N) is 2. The van der Waals surface area contributed by atoms with Gasteiger partial charge in [0.25, 0.3) is 15.9 Å². The lowest BCUT2D eigenvalue weighted by Gasteiger charge is -2.12. The number of fused-ring (bicyclic) bond motifs is 1. The molecule has 0 aliphatic carbocycles. The molecule has 2 aromatic carbocycles. The predicted molar refractivity (Wildman–Crippen MR) is 97.2 cm³/mol. The topological polar surface area (TPSA) is 103 Å². The van der Waals surface area contributed by atoms with Crippen molar-refractivity contribution in [2.45, 2.75) is 18.2 Å². The number of aryl methyl sites for hydroxylation is 1. The van der Waals surface area contributed by atoms with Crippen molar-refractivity contribution in [1.29, 1.82) is 0 Å². The normalized spacial score (nSPS) is 13.5. The molecule has 0 atom stereocenters. The Labute approximate surface area is 157 Å². The van der Waals surface area contributed by atoms with Gasteiger partial charge in [0.15, 0.2) is 18.1 Å². The van der Waals surface area contributed by atoms with Crippen molar-refractivity contribution in [3.63, 3.8) is 0 Å². The zero-order valence-corrected chi connectivity index (χ0v) is 15.5. The Balaban J connectivity index is 1.58. The summed E-state index contributed by atoms with van der Waals surface area (Å²) in [6.45, 7) is 2.52. The number of sulfonamides is 1. The lowest BCUT2D eigenvalue weighted by Crippen LogP contribution is -2.43. The fourth-order valence-electron chi connectivity index (χ4n) is 2.38. The third kappa shape index (κ3) is 5.11. The molecule has 0 radical (unpaired) electrons. The molecule has 2 aromatic rings. The molecule has 0 fully saturated rings. The van der Waals surface area contributed by atoms with Crippen molar-refractivity contribution in [3.05, 3.63) is 48.0 Å². The first kappa shape index (κ1) is 19.0. The van der Waals surface area contributed by atoms with Gasteiger partial charge in [-0.15, -0.1) is 4.83 Å². The maximum Gasteiger partial charge on any atom is 0.272 e. The van der Waals surface area contributed by atoms with E-state index in [4.69, 9.17) is 14.2 Å². The van der Waals surface area contributed by atoms with Crippen LogP contribution >= 0.6 is 0 Å². The molecule has 144 valence electrons. The predicted octanol–water partition coefficient (Wildman–Crippen LogP) is 1.54. The van der Waals surface area contributed by atoms with Crippen LogP contribution in [0.3, 0.4) is 0 Å². The Morgan fingerprint density at radius 2 is 1.89 bits per heavy atom. The average molecular weight is 392 g/mol. The van der Waals surface area contributed by atoms with E-state index < -0.39 is 15.9 Å². The van der Waals surface area contributed by atoms with E-state index in [-0.39, 0.29) is 11.5 Å². The fraction of sp³-hybridized carbons (Fsp3) is 0.278. The summed E-state index contributed by atoms with van der Waals surface area (Å²) >= 11 is 0. The number of hydrogen-bond donors (Lipinski definition) is 2. The van der Waals surface area contributed by atoms with E-state index in [1.54, 1.807) is 18.2 Å². The van der Waals surface area contributed by atoms with Crippen LogP contribution in [0, 0.1) is 6.92 Å². The Morgan fingerprint density at radius 3 is 2.67 bits per heavy atom. The van der Waals surface area contributed by atoms with Gasteiger partial charge in [-0.1, -0.05) is 12.1 Å². The first-order chi connectivity index (χ1) is 12.9. The highest BCUT2D eigenvalue weighted by molar-refractivity contribution is 7.89. The lowest BCUT2D eigenvalue weighted by molar-refractivity contribution is -0.123. The third-order valence-electron chi connectivity index (χ3n) is 3.71. The van der Waals surface area contributed by atoms with Crippen molar-refractivity contribution in [2.75, 3.05) is 19.8 Å². The molecule has 0 bridgehead atoms. The van der Waals surface area contributed by atoms with Gasteiger partial charge in [0.2, 0.25) is 0 Å². The average Bonchev–Trinajstić information content (AvgIpc) is 2.89. The molecule has 27 heavy (non-hydrogen) atoms. The summed E-state index contributed by atoms with van der Waals surface area (Å²) in [4.78, 5) is 13.8. The zero-order valence-electron chi connectivity index (χ0n) is 14.7. The molecule has 0 saturated carbocycles. The van der Waals surface area contributed by atoms with E-state index in [1.807, 2.05) is 17.8 Å². The second-order valence-corrected chi connectivity index (χ2v) is 7.60. The van der Waals surface area contributed by atoms with Crippen LogP contribution in [-0.4, -0.2) is 34.1 Å². The summed E-state index contributed by atoms with van der Waals surface area (Å²) in [5.74, 6) is 0.733. The van der Waals surface area contributed by atoms with E-state index in [9.17, 15) is 13.2 Å².